The third kappa shape index (κ3) is 2.04. The first-order chi connectivity index (χ1) is 9.08. The highest BCUT2D eigenvalue weighted by Gasteiger charge is 2.42. The van der Waals surface area contributed by atoms with Crippen LogP contribution in [0.15, 0.2) is 22.7 Å². The highest BCUT2D eigenvalue weighted by atomic mass is 79.9. The summed E-state index contributed by atoms with van der Waals surface area (Å²) in [5.41, 5.74) is 0.436. The topological polar surface area (TPSA) is 40.6 Å². The van der Waals surface area contributed by atoms with E-state index < -0.39 is 5.82 Å². The molecule has 3 rings (SSSR count). The van der Waals surface area contributed by atoms with Gasteiger partial charge in [0.2, 0.25) is 11.8 Å². The molecular formula is C13H12BrFN2O2. The summed E-state index contributed by atoms with van der Waals surface area (Å²) < 4.78 is 13.9. The van der Waals surface area contributed by atoms with Gasteiger partial charge in [0.05, 0.1) is 4.47 Å². The molecule has 2 aliphatic heterocycles. The Hall–Kier alpha value is -1.43. The number of hydrogen-bond acceptors (Lipinski definition) is 2. The number of anilines is 1. The van der Waals surface area contributed by atoms with Crippen LogP contribution in [-0.2, 0) is 9.59 Å². The Balaban J connectivity index is 1.94. The lowest BCUT2D eigenvalue weighted by molar-refractivity contribution is -0.140. The number of nitrogens with zero attached hydrogens (tertiary/aromatic N) is 2. The summed E-state index contributed by atoms with van der Waals surface area (Å²) in [5.74, 6) is -0.615. The molecule has 1 atom stereocenters. The van der Waals surface area contributed by atoms with Crippen molar-refractivity contribution in [3.8, 4) is 0 Å². The van der Waals surface area contributed by atoms with Crippen LogP contribution in [0.25, 0.3) is 0 Å². The number of fused-ring (bicyclic) bond motifs is 1. The van der Waals surface area contributed by atoms with E-state index in [0.29, 0.717) is 23.1 Å². The highest BCUT2D eigenvalue weighted by molar-refractivity contribution is 9.10. The molecule has 0 bridgehead atoms. The Morgan fingerprint density at radius 3 is 2.84 bits per heavy atom. The van der Waals surface area contributed by atoms with Crippen LogP contribution in [0.2, 0.25) is 0 Å². The maximum absolute atomic E-state index is 13.5. The van der Waals surface area contributed by atoms with Crippen LogP contribution in [0.5, 0.6) is 0 Å². The molecule has 1 aromatic carbocycles. The second kappa shape index (κ2) is 4.59. The monoisotopic (exact) mass is 326 g/mol. The Labute approximate surface area is 118 Å². The molecule has 2 saturated heterocycles. The molecule has 1 unspecified atom stereocenters. The Morgan fingerprint density at radius 1 is 1.32 bits per heavy atom. The highest BCUT2D eigenvalue weighted by Crippen LogP contribution is 2.29. The predicted octanol–water partition coefficient (Wildman–Crippen LogP) is 1.93. The number of benzene rings is 1. The van der Waals surface area contributed by atoms with Gasteiger partial charge in [-0.15, -0.1) is 0 Å². The van der Waals surface area contributed by atoms with E-state index in [1.54, 1.807) is 17.0 Å². The van der Waals surface area contributed by atoms with E-state index in [0.717, 1.165) is 6.42 Å². The van der Waals surface area contributed by atoms with Crippen molar-refractivity contribution >= 4 is 33.4 Å². The number of hydrogen-bond donors (Lipinski definition) is 0. The molecule has 6 heteroatoms. The van der Waals surface area contributed by atoms with Gasteiger partial charge in [0.15, 0.2) is 0 Å². The zero-order valence-electron chi connectivity index (χ0n) is 10.1. The van der Waals surface area contributed by atoms with Gasteiger partial charge in [-0.1, -0.05) is 0 Å². The molecule has 1 aromatic rings. The van der Waals surface area contributed by atoms with Gasteiger partial charge in [0.1, 0.15) is 18.4 Å². The molecule has 4 nitrogen and oxygen atoms in total. The number of carbonyl (C=O) groups excluding carboxylic acids is 2. The van der Waals surface area contributed by atoms with E-state index in [2.05, 4.69) is 15.9 Å². The van der Waals surface area contributed by atoms with E-state index in [1.165, 1.54) is 11.0 Å². The molecule has 2 amide bonds. The van der Waals surface area contributed by atoms with Crippen LogP contribution >= 0.6 is 15.9 Å². The molecule has 0 aromatic heterocycles. The summed E-state index contributed by atoms with van der Waals surface area (Å²) in [6, 6.07) is 4.10. The van der Waals surface area contributed by atoms with Gasteiger partial charge in [-0.2, -0.15) is 0 Å². The molecule has 0 N–H and O–H groups in total. The zero-order chi connectivity index (χ0) is 13.6. The first kappa shape index (κ1) is 12.6. The minimum Gasteiger partial charge on any atom is -0.329 e. The lowest BCUT2D eigenvalue weighted by Crippen LogP contribution is -2.57. The van der Waals surface area contributed by atoms with E-state index >= 15 is 0 Å². The minimum absolute atomic E-state index is 0.00357. The van der Waals surface area contributed by atoms with Crippen LogP contribution in [0.4, 0.5) is 10.1 Å². The van der Waals surface area contributed by atoms with Crippen molar-refractivity contribution in [1.29, 1.82) is 0 Å². The fourth-order valence-corrected chi connectivity index (χ4v) is 2.92. The maximum atomic E-state index is 13.5. The van der Waals surface area contributed by atoms with E-state index in [4.69, 9.17) is 0 Å². The molecule has 2 aliphatic rings. The standard InChI is InChI=1S/C13H12BrFN2O2/c14-9-4-3-8(6-10(9)15)17-7-12(18)16-5-1-2-11(16)13(17)19/h3-4,6,11H,1-2,5,7H2. The van der Waals surface area contributed by atoms with Crippen LogP contribution in [0.1, 0.15) is 12.8 Å². The normalized spacial score (nSPS) is 22.9. The second-order valence-electron chi connectivity index (χ2n) is 4.77. The smallest absolute Gasteiger partial charge is 0.250 e. The quantitative estimate of drug-likeness (QED) is 0.791. The molecule has 100 valence electrons. The fourth-order valence-electron chi connectivity index (χ4n) is 2.68. The van der Waals surface area contributed by atoms with Crippen LogP contribution < -0.4 is 4.90 Å². The van der Waals surface area contributed by atoms with Gasteiger partial charge in [0.25, 0.3) is 0 Å². The number of rotatable bonds is 1. The number of piperazine rings is 1. The molecule has 0 aliphatic carbocycles. The van der Waals surface area contributed by atoms with Gasteiger partial charge in [-0.3, -0.25) is 9.59 Å². The Bertz CT molecular complexity index is 564. The van der Waals surface area contributed by atoms with E-state index in [1.807, 2.05) is 0 Å². The lowest BCUT2D eigenvalue weighted by Gasteiger charge is -2.36. The number of amides is 2. The molecule has 0 saturated carbocycles. The maximum Gasteiger partial charge on any atom is 0.250 e. The van der Waals surface area contributed by atoms with Gasteiger partial charge in [0, 0.05) is 12.2 Å². The summed E-state index contributed by atoms with van der Waals surface area (Å²) in [5, 5.41) is 0. The Kier molecular flexibility index (Phi) is 3.05. The lowest BCUT2D eigenvalue weighted by atomic mass is 10.1. The summed E-state index contributed by atoms with van der Waals surface area (Å²) in [7, 11) is 0. The molecule has 0 radical (unpaired) electrons. The molecule has 0 spiro atoms. The van der Waals surface area contributed by atoms with Crippen LogP contribution in [0, 0.1) is 5.82 Å². The van der Waals surface area contributed by atoms with Gasteiger partial charge >= 0.3 is 0 Å². The largest absolute Gasteiger partial charge is 0.329 e. The molecule has 2 heterocycles. The molecule has 19 heavy (non-hydrogen) atoms. The van der Waals surface area contributed by atoms with Crippen molar-refractivity contribution in [3.63, 3.8) is 0 Å². The number of halogens is 2. The average Bonchev–Trinajstić information content (AvgIpc) is 2.87. The summed E-state index contributed by atoms with van der Waals surface area (Å²) in [6.07, 6.45) is 1.55. The van der Waals surface area contributed by atoms with Crippen molar-refractivity contribution in [2.75, 3.05) is 18.0 Å². The van der Waals surface area contributed by atoms with Gasteiger partial charge < -0.3 is 9.80 Å². The van der Waals surface area contributed by atoms with Gasteiger partial charge in [-0.05, 0) is 47.0 Å². The SMILES string of the molecule is O=C1C2CCCN2C(=O)CN1c1ccc(Br)c(F)c1. The first-order valence-electron chi connectivity index (χ1n) is 6.14. The minimum atomic E-state index is -0.438. The van der Waals surface area contributed by atoms with Crippen molar-refractivity contribution in [2.24, 2.45) is 0 Å². The molecular weight excluding hydrogens is 315 g/mol. The van der Waals surface area contributed by atoms with E-state index in [-0.39, 0.29) is 24.4 Å². The average molecular weight is 327 g/mol. The van der Waals surface area contributed by atoms with Crippen molar-refractivity contribution in [1.82, 2.24) is 4.90 Å². The first-order valence-corrected chi connectivity index (χ1v) is 6.93. The van der Waals surface area contributed by atoms with Crippen molar-refractivity contribution in [3.05, 3.63) is 28.5 Å². The molecule has 2 fully saturated rings. The Morgan fingerprint density at radius 2 is 2.11 bits per heavy atom. The van der Waals surface area contributed by atoms with Crippen molar-refractivity contribution in [2.45, 2.75) is 18.9 Å². The van der Waals surface area contributed by atoms with Crippen LogP contribution in [-0.4, -0.2) is 35.8 Å². The predicted molar refractivity (Wildman–Crippen MR) is 71.2 cm³/mol. The summed E-state index contributed by atoms with van der Waals surface area (Å²) in [6.45, 7) is 0.647. The van der Waals surface area contributed by atoms with E-state index in [9.17, 15) is 14.0 Å². The van der Waals surface area contributed by atoms with Crippen LogP contribution in [0.3, 0.4) is 0 Å². The van der Waals surface area contributed by atoms with Gasteiger partial charge in [-0.25, -0.2) is 4.39 Å². The fraction of sp³-hybridized carbons (Fsp3) is 0.385. The second-order valence-corrected chi connectivity index (χ2v) is 5.62. The summed E-state index contributed by atoms with van der Waals surface area (Å²) in [4.78, 5) is 27.3. The van der Waals surface area contributed by atoms with Crippen molar-refractivity contribution < 1.29 is 14.0 Å². The number of carbonyl (C=O) groups is 2. The third-order valence-electron chi connectivity index (χ3n) is 3.63. The summed E-state index contributed by atoms with van der Waals surface area (Å²) >= 11 is 3.07. The third-order valence-corrected chi connectivity index (χ3v) is 4.28. The zero-order valence-corrected chi connectivity index (χ0v) is 11.7.